The molecular formula is C2F4O4S2-2. The van der Waals surface area contributed by atoms with Gasteiger partial charge in [0.2, 0.25) is 0 Å². The van der Waals surface area contributed by atoms with E-state index in [2.05, 4.69) is 0 Å². The molecule has 0 radical (unpaired) electrons. The molecule has 0 N–H and O–H groups in total. The molecule has 0 spiro atoms. The molecule has 0 saturated heterocycles. The van der Waals surface area contributed by atoms with E-state index in [-0.39, 0.29) is 0 Å². The van der Waals surface area contributed by atoms with Crippen molar-refractivity contribution in [3.63, 3.8) is 0 Å². The van der Waals surface area contributed by atoms with Crippen LogP contribution in [0.15, 0.2) is 0 Å². The van der Waals surface area contributed by atoms with E-state index in [0.29, 0.717) is 0 Å². The van der Waals surface area contributed by atoms with Gasteiger partial charge < -0.3 is 9.11 Å². The minimum absolute atomic E-state index is 4.49. The zero-order chi connectivity index (χ0) is 10.2. The summed E-state index contributed by atoms with van der Waals surface area (Å²) < 4.78 is 85.2. The summed E-state index contributed by atoms with van der Waals surface area (Å²) in [6, 6.07) is 0. The Balaban J connectivity index is 5.01. The number of hydrogen-bond donors (Lipinski definition) is 0. The average Bonchev–Trinajstić information content (AvgIpc) is 1.86. The Bertz CT molecular complexity index is 203. The highest BCUT2D eigenvalue weighted by Gasteiger charge is 2.59. The van der Waals surface area contributed by atoms with E-state index < -0.39 is 32.7 Å². The van der Waals surface area contributed by atoms with Gasteiger partial charge in [-0.1, -0.05) is 0 Å². The molecule has 10 heteroatoms. The molecule has 0 heterocycles. The van der Waals surface area contributed by atoms with E-state index in [1.807, 2.05) is 0 Å². The predicted octanol–water partition coefficient (Wildman–Crippen LogP) is -0.0698. The summed E-state index contributed by atoms with van der Waals surface area (Å²) in [5, 5.41) is -11.2. The zero-order valence-corrected chi connectivity index (χ0v) is 6.59. The first-order valence-corrected chi connectivity index (χ1v) is 4.23. The Morgan fingerprint density at radius 1 is 0.833 bits per heavy atom. The summed E-state index contributed by atoms with van der Waals surface area (Å²) in [6.07, 6.45) is 0. The highest BCUT2D eigenvalue weighted by Crippen LogP contribution is 2.38. The quantitative estimate of drug-likeness (QED) is 0.500. The van der Waals surface area contributed by atoms with Crippen molar-refractivity contribution in [2.24, 2.45) is 0 Å². The topological polar surface area (TPSA) is 80.3 Å². The first-order chi connectivity index (χ1) is 5.14. The standard InChI is InChI=1S/C2H2F4O4S2/c3-1(4,11(7)8)2(5,6)12(9)10/h(H,7,8)(H,9,10)/p-2. The second-order valence-corrected chi connectivity index (χ2v) is 3.47. The second kappa shape index (κ2) is 3.36. The summed E-state index contributed by atoms with van der Waals surface area (Å²) in [5.74, 6) is 0. The summed E-state index contributed by atoms with van der Waals surface area (Å²) in [4.78, 5) is 0. The van der Waals surface area contributed by atoms with Crippen LogP contribution in [0.4, 0.5) is 17.6 Å². The molecule has 0 aliphatic heterocycles. The molecule has 0 aromatic carbocycles. The maximum Gasteiger partial charge on any atom is 0.382 e. The van der Waals surface area contributed by atoms with Gasteiger partial charge in [0, 0.05) is 22.2 Å². The monoisotopic (exact) mass is 228 g/mol. The summed E-state index contributed by atoms with van der Waals surface area (Å²) in [6.45, 7) is 0. The van der Waals surface area contributed by atoms with E-state index >= 15 is 0 Å². The molecule has 0 bridgehead atoms. The molecule has 4 nitrogen and oxygen atoms in total. The molecule has 12 heavy (non-hydrogen) atoms. The first-order valence-electron chi connectivity index (χ1n) is 2.08. The third-order valence-corrected chi connectivity index (χ3v) is 2.24. The zero-order valence-electron chi connectivity index (χ0n) is 4.96. The Labute approximate surface area is 68.5 Å². The molecule has 0 saturated carbocycles. The molecule has 2 unspecified atom stereocenters. The van der Waals surface area contributed by atoms with Gasteiger partial charge in [0.1, 0.15) is 0 Å². The van der Waals surface area contributed by atoms with Crippen LogP contribution in [0, 0.1) is 0 Å². The Morgan fingerprint density at radius 2 is 1.00 bits per heavy atom. The van der Waals surface area contributed by atoms with Gasteiger partial charge in [0.05, 0.1) is 0 Å². The van der Waals surface area contributed by atoms with E-state index in [4.69, 9.17) is 0 Å². The first kappa shape index (κ1) is 11.9. The molecule has 0 aliphatic rings. The van der Waals surface area contributed by atoms with Crippen molar-refractivity contribution in [2.75, 3.05) is 0 Å². The molecule has 0 aromatic rings. The van der Waals surface area contributed by atoms with Crippen LogP contribution in [0.2, 0.25) is 0 Å². The van der Waals surface area contributed by atoms with Crippen LogP contribution in [-0.2, 0) is 22.2 Å². The third-order valence-electron chi connectivity index (χ3n) is 0.757. The SMILES string of the molecule is O=S([O-])C(F)(F)C(F)(F)S(=O)[O-]. The molecular weight excluding hydrogens is 228 g/mol. The van der Waals surface area contributed by atoms with Crippen molar-refractivity contribution >= 4 is 22.2 Å². The van der Waals surface area contributed by atoms with E-state index in [1.54, 1.807) is 0 Å². The maximum absolute atomic E-state index is 11.8. The maximum atomic E-state index is 11.8. The van der Waals surface area contributed by atoms with Crippen LogP contribution in [-0.4, -0.2) is 28.0 Å². The fraction of sp³-hybridized carbons (Fsp3) is 1.00. The van der Waals surface area contributed by atoms with Crippen LogP contribution in [0.25, 0.3) is 0 Å². The highest BCUT2D eigenvalue weighted by atomic mass is 32.2. The van der Waals surface area contributed by atoms with Gasteiger partial charge in [-0.05, 0) is 0 Å². The summed E-state index contributed by atoms with van der Waals surface area (Å²) >= 11 is -8.98. The van der Waals surface area contributed by atoms with Crippen LogP contribution in [0.5, 0.6) is 0 Å². The second-order valence-electron chi connectivity index (χ2n) is 1.50. The summed E-state index contributed by atoms with van der Waals surface area (Å²) in [5.41, 5.74) is 0. The minimum Gasteiger partial charge on any atom is -0.768 e. The third kappa shape index (κ3) is 1.81. The van der Waals surface area contributed by atoms with Gasteiger partial charge in [-0.15, -0.1) is 0 Å². The molecule has 0 rings (SSSR count). The average molecular weight is 228 g/mol. The molecule has 0 aromatic heterocycles. The van der Waals surface area contributed by atoms with Crippen molar-refractivity contribution in [3.8, 4) is 0 Å². The van der Waals surface area contributed by atoms with Gasteiger partial charge in [-0.3, -0.25) is 8.42 Å². The Kier molecular flexibility index (Phi) is 3.34. The number of rotatable bonds is 3. The minimum atomic E-state index is -5.61. The van der Waals surface area contributed by atoms with Crippen molar-refractivity contribution in [3.05, 3.63) is 0 Å². The van der Waals surface area contributed by atoms with Crippen molar-refractivity contribution in [1.29, 1.82) is 0 Å². The largest absolute Gasteiger partial charge is 0.768 e. The number of alkyl halides is 4. The number of halogens is 4. The van der Waals surface area contributed by atoms with Crippen LogP contribution in [0.1, 0.15) is 0 Å². The van der Waals surface area contributed by atoms with Gasteiger partial charge in [-0.25, -0.2) is 0 Å². The molecule has 0 aliphatic carbocycles. The van der Waals surface area contributed by atoms with Crippen molar-refractivity contribution < 1.29 is 35.1 Å². The number of hydrogen-bond acceptors (Lipinski definition) is 4. The lowest BCUT2D eigenvalue weighted by molar-refractivity contribution is -0.0984. The van der Waals surface area contributed by atoms with Crippen molar-refractivity contribution in [2.45, 2.75) is 10.5 Å². The predicted molar refractivity (Wildman–Crippen MR) is 27.7 cm³/mol. The lowest BCUT2D eigenvalue weighted by Crippen LogP contribution is -2.46. The molecule has 0 amide bonds. The smallest absolute Gasteiger partial charge is 0.382 e. The van der Waals surface area contributed by atoms with E-state index in [0.717, 1.165) is 0 Å². The molecule has 0 fully saturated rings. The van der Waals surface area contributed by atoms with Gasteiger partial charge in [-0.2, -0.15) is 17.6 Å². The Hall–Kier alpha value is -0.0600. The molecule has 74 valence electrons. The normalized spacial score (nSPS) is 18.8. The van der Waals surface area contributed by atoms with Crippen molar-refractivity contribution in [1.82, 2.24) is 0 Å². The van der Waals surface area contributed by atoms with Gasteiger partial charge in [0.25, 0.3) is 0 Å². The van der Waals surface area contributed by atoms with Gasteiger partial charge >= 0.3 is 10.5 Å². The highest BCUT2D eigenvalue weighted by molar-refractivity contribution is 7.84. The lowest BCUT2D eigenvalue weighted by atomic mass is 10.7. The van der Waals surface area contributed by atoms with Crippen LogP contribution in [0.3, 0.4) is 0 Å². The summed E-state index contributed by atoms with van der Waals surface area (Å²) in [7, 11) is 0. The van der Waals surface area contributed by atoms with Gasteiger partial charge in [0.15, 0.2) is 0 Å². The lowest BCUT2D eigenvalue weighted by Gasteiger charge is -2.28. The van der Waals surface area contributed by atoms with Crippen LogP contribution >= 0.6 is 0 Å². The Morgan fingerprint density at radius 3 is 1.08 bits per heavy atom. The van der Waals surface area contributed by atoms with E-state index in [9.17, 15) is 35.1 Å². The molecule has 2 atom stereocenters. The van der Waals surface area contributed by atoms with E-state index in [1.165, 1.54) is 0 Å². The fourth-order valence-electron chi connectivity index (χ4n) is 0.194. The van der Waals surface area contributed by atoms with Crippen LogP contribution < -0.4 is 0 Å². The fourth-order valence-corrected chi connectivity index (χ4v) is 0.990.